The van der Waals surface area contributed by atoms with Gasteiger partial charge in [0.25, 0.3) is 5.56 Å². The van der Waals surface area contributed by atoms with E-state index >= 15 is 0 Å². The molecule has 0 saturated heterocycles. The number of aromatic hydroxyl groups is 1. The van der Waals surface area contributed by atoms with Crippen LogP contribution in [0.15, 0.2) is 35.5 Å². The maximum absolute atomic E-state index is 13.1. The van der Waals surface area contributed by atoms with E-state index in [2.05, 4.69) is 22.0 Å². The minimum Gasteiger partial charge on any atom is -0.507 e. The van der Waals surface area contributed by atoms with Crippen LogP contribution in [0.2, 0.25) is 0 Å². The van der Waals surface area contributed by atoms with E-state index in [9.17, 15) is 9.90 Å². The molecule has 7 heteroatoms. The van der Waals surface area contributed by atoms with Gasteiger partial charge in [0.15, 0.2) is 5.65 Å². The second-order valence-electron chi connectivity index (χ2n) is 8.62. The van der Waals surface area contributed by atoms with Gasteiger partial charge in [-0.3, -0.25) is 9.36 Å². The number of phenols is 1. The second kappa shape index (κ2) is 6.93. The molecule has 0 amide bonds. The Morgan fingerprint density at radius 1 is 1.10 bits per heavy atom. The van der Waals surface area contributed by atoms with E-state index < -0.39 is 0 Å². The molecule has 4 aromatic rings. The highest BCUT2D eigenvalue weighted by Gasteiger charge is 2.22. The summed E-state index contributed by atoms with van der Waals surface area (Å²) in [5.41, 5.74) is 4.27. The van der Waals surface area contributed by atoms with Crippen LogP contribution < -0.4 is 5.56 Å². The third kappa shape index (κ3) is 3.05. The van der Waals surface area contributed by atoms with Crippen molar-refractivity contribution in [2.24, 2.45) is 5.92 Å². The topological polar surface area (TPSA) is 85.3 Å². The minimum atomic E-state index is -0.0915. The third-order valence-corrected chi connectivity index (χ3v) is 6.28. The molecule has 0 atom stereocenters. The first-order valence-corrected chi connectivity index (χ1v) is 10.5. The van der Waals surface area contributed by atoms with Crippen molar-refractivity contribution in [3.05, 3.63) is 52.3 Å². The van der Waals surface area contributed by atoms with E-state index in [1.807, 2.05) is 26.1 Å². The fourth-order valence-corrected chi connectivity index (χ4v) is 4.53. The summed E-state index contributed by atoms with van der Waals surface area (Å²) in [6.07, 6.45) is 7.75. The predicted molar refractivity (Wildman–Crippen MR) is 116 cm³/mol. The number of aryl methyl sites for hydroxylation is 2. The van der Waals surface area contributed by atoms with Crippen molar-refractivity contribution < 1.29 is 5.11 Å². The lowest BCUT2D eigenvalue weighted by molar-refractivity contribution is 0.284. The Bertz CT molecular complexity index is 1330. The summed E-state index contributed by atoms with van der Waals surface area (Å²) in [4.78, 5) is 22.2. The quantitative estimate of drug-likeness (QED) is 0.543. The fraction of sp³-hybridized carbons (Fsp3) is 0.391. The summed E-state index contributed by atoms with van der Waals surface area (Å²) in [5, 5.41) is 15.8. The van der Waals surface area contributed by atoms with Crippen molar-refractivity contribution in [2.75, 3.05) is 0 Å². The molecule has 0 unspecified atom stereocenters. The van der Waals surface area contributed by atoms with Crippen LogP contribution in [0.3, 0.4) is 0 Å². The molecule has 1 aliphatic rings. The van der Waals surface area contributed by atoms with Crippen LogP contribution in [0, 0.1) is 19.8 Å². The summed E-state index contributed by atoms with van der Waals surface area (Å²) in [6.45, 7) is 6.14. The first-order chi connectivity index (χ1) is 14.4. The predicted octanol–water partition coefficient (Wildman–Crippen LogP) is 4.18. The van der Waals surface area contributed by atoms with Crippen LogP contribution >= 0.6 is 0 Å². The molecule has 3 heterocycles. The second-order valence-corrected chi connectivity index (χ2v) is 8.62. The molecule has 0 aliphatic heterocycles. The zero-order valence-electron chi connectivity index (χ0n) is 17.5. The van der Waals surface area contributed by atoms with Gasteiger partial charge in [-0.25, -0.2) is 14.5 Å². The molecule has 1 saturated carbocycles. The molecular formula is C23H25N5O2. The maximum atomic E-state index is 13.1. The SMILES string of the molecule is Cc1cn2nc(-c3cc4ncn(C5CCC(C)CC5)c(=O)c4cc3O)cc(C)c2n1. The molecule has 0 radical (unpaired) electrons. The van der Waals surface area contributed by atoms with E-state index in [-0.39, 0.29) is 17.4 Å². The van der Waals surface area contributed by atoms with E-state index in [0.717, 1.165) is 42.6 Å². The van der Waals surface area contributed by atoms with E-state index in [1.54, 1.807) is 21.5 Å². The zero-order chi connectivity index (χ0) is 21.0. The fourth-order valence-electron chi connectivity index (χ4n) is 4.53. The van der Waals surface area contributed by atoms with Gasteiger partial charge in [-0.15, -0.1) is 0 Å². The molecule has 7 nitrogen and oxygen atoms in total. The molecule has 1 N–H and O–H groups in total. The van der Waals surface area contributed by atoms with Crippen LogP contribution in [-0.4, -0.2) is 29.3 Å². The Kier molecular flexibility index (Phi) is 4.34. The molecular weight excluding hydrogens is 378 g/mol. The largest absolute Gasteiger partial charge is 0.507 e. The van der Waals surface area contributed by atoms with Gasteiger partial charge in [-0.2, -0.15) is 5.10 Å². The van der Waals surface area contributed by atoms with Crippen LogP contribution in [-0.2, 0) is 0 Å². The summed E-state index contributed by atoms with van der Waals surface area (Å²) in [7, 11) is 0. The molecule has 154 valence electrons. The lowest BCUT2D eigenvalue weighted by atomic mass is 9.87. The molecule has 1 fully saturated rings. The Balaban J connectivity index is 1.61. The summed E-state index contributed by atoms with van der Waals surface area (Å²) in [6, 6.07) is 5.36. The summed E-state index contributed by atoms with van der Waals surface area (Å²) >= 11 is 0. The number of hydrogen-bond acceptors (Lipinski definition) is 5. The molecule has 3 aromatic heterocycles. The van der Waals surface area contributed by atoms with Crippen molar-refractivity contribution in [3.63, 3.8) is 0 Å². The van der Waals surface area contributed by atoms with Gasteiger partial charge < -0.3 is 5.11 Å². The van der Waals surface area contributed by atoms with Gasteiger partial charge in [0, 0.05) is 11.6 Å². The maximum Gasteiger partial charge on any atom is 0.261 e. The normalized spacial score (nSPS) is 19.6. The smallest absolute Gasteiger partial charge is 0.261 e. The van der Waals surface area contributed by atoms with Crippen LogP contribution in [0.4, 0.5) is 0 Å². The van der Waals surface area contributed by atoms with Gasteiger partial charge in [0.1, 0.15) is 5.75 Å². The number of phenolic OH excluding ortho intramolecular Hbond substituents is 1. The standard InChI is InChI=1S/C23H25N5O2/c1-13-4-6-16(7-5-13)27-12-24-19-9-17(21(29)10-18(19)23(27)30)20-8-14(2)22-25-15(3)11-28(22)26-20/h8-13,16,29H,4-7H2,1-3H3. The van der Waals surface area contributed by atoms with Crippen molar-refractivity contribution in [2.45, 2.75) is 52.5 Å². The highest BCUT2D eigenvalue weighted by molar-refractivity contribution is 5.86. The summed E-state index contributed by atoms with van der Waals surface area (Å²) < 4.78 is 3.47. The first kappa shape index (κ1) is 18.8. The van der Waals surface area contributed by atoms with Gasteiger partial charge in [0.05, 0.1) is 34.8 Å². The van der Waals surface area contributed by atoms with Crippen molar-refractivity contribution >= 4 is 16.6 Å². The Morgan fingerprint density at radius 2 is 1.87 bits per heavy atom. The van der Waals surface area contributed by atoms with Crippen molar-refractivity contribution in [1.29, 1.82) is 0 Å². The van der Waals surface area contributed by atoms with Gasteiger partial charge in [0.2, 0.25) is 0 Å². The molecule has 1 aliphatic carbocycles. The number of aromatic nitrogens is 5. The monoisotopic (exact) mass is 403 g/mol. The molecule has 30 heavy (non-hydrogen) atoms. The number of benzene rings is 1. The number of nitrogens with zero attached hydrogens (tertiary/aromatic N) is 5. The average Bonchev–Trinajstić information content (AvgIpc) is 3.10. The van der Waals surface area contributed by atoms with Crippen LogP contribution in [0.25, 0.3) is 27.8 Å². The number of fused-ring (bicyclic) bond motifs is 2. The highest BCUT2D eigenvalue weighted by Crippen LogP contribution is 2.33. The first-order valence-electron chi connectivity index (χ1n) is 10.5. The Labute approximate surface area is 174 Å². The van der Waals surface area contributed by atoms with Gasteiger partial charge in [-0.1, -0.05) is 6.92 Å². The molecule has 5 rings (SSSR count). The lowest BCUT2D eigenvalue weighted by Crippen LogP contribution is -2.27. The zero-order valence-corrected chi connectivity index (χ0v) is 17.5. The van der Waals surface area contributed by atoms with E-state index in [0.29, 0.717) is 28.1 Å². The highest BCUT2D eigenvalue weighted by atomic mass is 16.3. The molecule has 1 aromatic carbocycles. The lowest BCUT2D eigenvalue weighted by Gasteiger charge is -2.27. The third-order valence-electron chi connectivity index (χ3n) is 6.28. The minimum absolute atomic E-state index is 0.0273. The van der Waals surface area contributed by atoms with E-state index in [4.69, 9.17) is 0 Å². The van der Waals surface area contributed by atoms with Crippen molar-refractivity contribution in [3.8, 4) is 17.0 Å². The van der Waals surface area contributed by atoms with Crippen LogP contribution in [0.1, 0.15) is 49.9 Å². The average molecular weight is 403 g/mol. The molecule has 0 spiro atoms. The number of imidazole rings is 1. The van der Waals surface area contributed by atoms with E-state index in [1.165, 1.54) is 6.07 Å². The Hall–Kier alpha value is -3.22. The van der Waals surface area contributed by atoms with Gasteiger partial charge >= 0.3 is 0 Å². The number of hydrogen-bond donors (Lipinski definition) is 1. The van der Waals surface area contributed by atoms with Crippen LogP contribution in [0.5, 0.6) is 5.75 Å². The van der Waals surface area contributed by atoms with Gasteiger partial charge in [-0.05, 0) is 69.2 Å². The van der Waals surface area contributed by atoms with Crippen molar-refractivity contribution in [1.82, 2.24) is 24.1 Å². The number of rotatable bonds is 2. The summed E-state index contributed by atoms with van der Waals surface area (Å²) in [5.74, 6) is 0.740. The molecule has 0 bridgehead atoms. The Morgan fingerprint density at radius 3 is 2.63 bits per heavy atom.